The SMILES string of the molecule is CCc1ccc(C(C)NCCOCCN(C)C)s1. The Morgan fingerprint density at radius 1 is 1.33 bits per heavy atom. The van der Waals surface area contributed by atoms with Gasteiger partial charge in [0.25, 0.3) is 0 Å². The van der Waals surface area contributed by atoms with Crippen molar-refractivity contribution >= 4 is 11.3 Å². The van der Waals surface area contributed by atoms with E-state index in [4.69, 9.17) is 4.74 Å². The lowest BCUT2D eigenvalue weighted by Gasteiger charge is -2.13. The molecule has 0 radical (unpaired) electrons. The Balaban J connectivity index is 2.11. The minimum atomic E-state index is 0.424. The van der Waals surface area contributed by atoms with Crippen LogP contribution in [0.5, 0.6) is 0 Å². The van der Waals surface area contributed by atoms with Crippen molar-refractivity contribution in [3.05, 3.63) is 21.9 Å². The van der Waals surface area contributed by atoms with Crippen molar-refractivity contribution < 1.29 is 4.74 Å². The molecule has 1 heterocycles. The van der Waals surface area contributed by atoms with E-state index in [9.17, 15) is 0 Å². The Morgan fingerprint density at radius 3 is 2.72 bits per heavy atom. The number of nitrogens with zero attached hydrogens (tertiary/aromatic N) is 1. The molecule has 0 aliphatic rings. The number of ether oxygens (including phenoxy) is 1. The average Bonchev–Trinajstić information content (AvgIpc) is 2.81. The zero-order chi connectivity index (χ0) is 13.4. The van der Waals surface area contributed by atoms with E-state index >= 15 is 0 Å². The fourth-order valence-corrected chi connectivity index (χ4v) is 2.59. The van der Waals surface area contributed by atoms with E-state index in [1.807, 2.05) is 11.3 Å². The minimum absolute atomic E-state index is 0.424. The summed E-state index contributed by atoms with van der Waals surface area (Å²) < 4.78 is 5.56. The van der Waals surface area contributed by atoms with Crippen LogP contribution >= 0.6 is 11.3 Å². The van der Waals surface area contributed by atoms with Gasteiger partial charge in [-0.1, -0.05) is 6.92 Å². The highest BCUT2D eigenvalue weighted by Crippen LogP contribution is 2.23. The average molecular weight is 270 g/mol. The highest BCUT2D eigenvalue weighted by molar-refractivity contribution is 7.12. The molecule has 18 heavy (non-hydrogen) atoms. The van der Waals surface area contributed by atoms with E-state index in [1.165, 1.54) is 9.75 Å². The summed E-state index contributed by atoms with van der Waals surface area (Å²) in [4.78, 5) is 5.01. The maximum absolute atomic E-state index is 5.56. The second-order valence-corrected chi connectivity index (χ2v) is 5.95. The zero-order valence-corrected chi connectivity index (χ0v) is 12.8. The molecule has 0 aliphatic carbocycles. The zero-order valence-electron chi connectivity index (χ0n) is 12.0. The fourth-order valence-electron chi connectivity index (χ4n) is 1.61. The summed E-state index contributed by atoms with van der Waals surface area (Å²) in [5, 5.41) is 3.50. The largest absolute Gasteiger partial charge is 0.379 e. The van der Waals surface area contributed by atoms with Gasteiger partial charge in [0, 0.05) is 28.9 Å². The molecule has 1 unspecified atom stereocenters. The Kier molecular flexibility index (Phi) is 7.51. The predicted octanol–water partition coefficient (Wildman–Crippen LogP) is 2.54. The van der Waals surface area contributed by atoms with Crippen molar-refractivity contribution in [3.8, 4) is 0 Å². The monoisotopic (exact) mass is 270 g/mol. The molecule has 0 saturated carbocycles. The first-order chi connectivity index (χ1) is 8.63. The van der Waals surface area contributed by atoms with Crippen LogP contribution in [-0.4, -0.2) is 45.3 Å². The van der Waals surface area contributed by atoms with Crippen LogP contribution in [0.3, 0.4) is 0 Å². The van der Waals surface area contributed by atoms with Gasteiger partial charge in [0.15, 0.2) is 0 Å². The maximum atomic E-state index is 5.56. The van der Waals surface area contributed by atoms with Crippen LogP contribution in [0.4, 0.5) is 0 Å². The summed E-state index contributed by atoms with van der Waals surface area (Å²) in [6, 6.07) is 4.88. The van der Waals surface area contributed by atoms with E-state index in [0.29, 0.717) is 6.04 Å². The van der Waals surface area contributed by atoms with E-state index in [0.717, 1.165) is 32.7 Å². The van der Waals surface area contributed by atoms with Crippen LogP contribution in [0.1, 0.15) is 29.6 Å². The van der Waals surface area contributed by atoms with Gasteiger partial charge < -0.3 is 15.0 Å². The lowest BCUT2D eigenvalue weighted by atomic mass is 10.2. The summed E-state index contributed by atoms with van der Waals surface area (Å²) >= 11 is 1.90. The molecule has 0 amide bonds. The fraction of sp³-hybridized carbons (Fsp3) is 0.714. The molecule has 0 bridgehead atoms. The van der Waals surface area contributed by atoms with Crippen molar-refractivity contribution in [2.45, 2.75) is 26.3 Å². The van der Waals surface area contributed by atoms with Gasteiger partial charge >= 0.3 is 0 Å². The minimum Gasteiger partial charge on any atom is -0.379 e. The smallest absolute Gasteiger partial charge is 0.0593 e. The predicted molar refractivity (Wildman–Crippen MR) is 79.5 cm³/mol. The first kappa shape index (κ1) is 15.6. The van der Waals surface area contributed by atoms with Crippen LogP contribution < -0.4 is 5.32 Å². The van der Waals surface area contributed by atoms with E-state index in [1.54, 1.807) is 0 Å². The van der Waals surface area contributed by atoms with Gasteiger partial charge in [0.05, 0.1) is 13.2 Å². The van der Waals surface area contributed by atoms with Gasteiger partial charge in [-0.25, -0.2) is 0 Å². The Bertz CT molecular complexity index is 325. The normalized spacial score (nSPS) is 13.2. The number of thiophene rings is 1. The summed E-state index contributed by atoms with van der Waals surface area (Å²) in [6.07, 6.45) is 1.13. The molecule has 0 aliphatic heterocycles. The number of aryl methyl sites for hydroxylation is 1. The third-order valence-corrected chi connectivity index (χ3v) is 4.25. The van der Waals surface area contributed by atoms with Crippen LogP contribution in [0.2, 0.25) is 0 Å². The van der Waals surface area contributed by atoms with Crippen molar-refractivity contribution in [3.63, 3.8) is 0 Å². The Morgan fingerprint density at radius 2 is 2.11 bits per heavy atom. The molecule has 1 N–H and O–H groups in total. The molecular formula is C14H26N2OS. The third-order valence-electron chi connectivity index (χ3n) is 2.84. The molecule has 1 aromatic rings. The molecule has 4 heteroatoms. The number of hydrogen-bond donors (Lipinski definition) is 1. The van der Waals surface area contributed by atoms with Gasteiger partial charge in [0.1, 0.15) is 0 Å². The molecule has 0 fully saturated rings. The first-order valence-electron chi connectivity index (χ1n) is 6.68. The molecule has 1 rings (SSSR count). The van der Waals surface area contributed by atoms with Gasteiger partial charge in [-0.15, -0.1) is 11.3 Å². The van der Waals surface area contributed by atoms with Crippen molar-refractivity contribution in [1.29, 1.82) is 0 Å². The van der Waals surface area contributed by atoms with E-state index in [2.05, 4.69) is 50.3 Å². The van der Waals surface area contributed by atoms with Crippen LogP contribution in [-0.2, 0) is 11.2 Å². The van der Waals surface area contributed by atoms with Gasteiger partial charge in [-0.3, -0.25) is 0 Å². The molecule has 0 aromatic carbocycles. The lowest BCUT2D eigenvalue weighted by molar-refractivity contribution is 0.118. The molecule has 1 atom stereocenters. The molecule has 3 nitrogen and oxygen atoms in total. The van der Waals surface area contributed by atoms with Crippen LogP contribution in [0, 0.1) is 0 Å². The Hall–Kier alpha value is -0.420. The summed E-state index contributed by atoms with van der Waals surface area (Å²) in [5.74, 6) is 0. The lowest BCUT2D eigenvalue weighted by Crippen LogP contribution is -2.24. The van der Waals surface area contributed by atoms with Crippen molar-refractivity contribution in [1.82, 2.24) is 10.2 Å². The van der Waals surface area contributed by atoms with Crippen molar-refractivity contribution in [2.75, 3.05) is 40.4 Å². The van der Waals surface area contributed by atoms with Gasteiger partial charge in [0.2, 0.25) is 0 Å². The summed E-state index contributed by atoms with van der Waals surface area (Å²) in [7, 11) is 4.12. The molecule has 0 saturated heterocycles. The van der Waals surface area contributed by atoms with Crippen LogP contribution in [0.25, 0.3) is 0 Å². The highest BCUT2D eigenvalue weighted by atomic mass is 32.1. The van der Waals surface area contributed by atoms with E-state index in [-0.39, 0.29) is 0 Å². The van der Waals surface area contributed by atoms with E-state index < -0.39 is 0 Å². The first-order valence-corrected chi connectivity index (χ1v) is 7.49. The maximum Gasteiger partial charge on any atom is 0.0593 e. The second-order valence-electron chi connectivity index (χ2n) is 4.75. The molecular weight excluding hydrogens is 244 g/mol. The number of hydrogen-bond acceptors (Lipinski definition) is 4. The second kappa shape index (κ2) is 8.64. The summed E-state index contributed by atoms with van der Waals surface area (Å²) in [5.41, 5.74) is 0. The standard InChI is InChI=1S/C14H26N2OS/c1-5-13-6-7-14(18-13)12(2)15-8-10-17-11-9-16(3)4/h6-7,12,15H,5,8-11H2,1-4H3. The summed E-state index contributed by atoms with van der Waals surface area (Å²) in [6.45, 7) is 7.90. The molecule has 0 spiro atoms. The van der Waals surface area contributed by atoms with Crippen molar-refractivity contribution in [2.24, 2.45) is 0 Å². The topological polar surface area (TPSA) is 24.5 Å². The quantitative estimate of drug-likeness (QED) is 0.698. The van der Waals surface area contributed by atoms with Gasteiger partial charge in [-0.2, -0.15) is 0 Å². The third kappa shape index (κ3) is 5.96. The van der Waals surface area contributed by atoms with Gasteiger partial charge in [-0.05, 0) is 39.6 Å². The number of likely N-dealkylation sites (N-methyl/N-ethyl adjacent to an activating group) is 1. The number of rotatable bonds is 9. The number of nitrogens with one attached hydrogen (secondary N) is 1. The Labute approximate surface area is 115 Å². The molecule has 1 aromatic heterocycles. The molecule has 104 valence electrons. The highest BCUT2D eigenvalue weighted by Gasteiger charge is 2.07. The van der Waals surface area contributed by atoms with Crippen LogP contribution in [0.15, 0.2) is 12.1 Å².